The molecule has 0 saturated heterocycles. The third-order valence-corrected chi connectivity index (χ3v) is 6.38. The number of hydrogen-bond acceptors (Lipinski definition) is 11. The number of carboxylic acid groups (broad SMARTS) is 1. The molecule has 3 rings (SSSR count). The first kappa shape index (κ1) is 30.9. The Labute approximate surface area is 232 Å². The molecule has 16 heteroatoms. The normalized spacial score (nSPS) is 17.0. The van der Waals surface area contributed by atoms with Gasteiger partial charge in [0.15, 0.2) is 5.96 Å². The number of carbonyl (C=O) groups is 1. The number of rotatable bonds is 18. The molecule has 0 fully saturated rings. The number of oxime groups is 1. The second kappa shape index (κ2) is 15.8. The van der Waals surface area contributed by atoms with Crippen molar-refractivity contribution in [3.05, 3.63) is 22.8 Å². The Morgan fingerprint density at radius 3 is 2.65 bits per heavy atom. The molecule has 1 aliphatic rings. The highest BCUT2D eigenvalue weighted by atomic mass is 16.7. The van der Waals surface area contributed by atoms with E-state index in [4.69, 9.17) is 30.5 Å². The molecule has 0 bridgehead atoms. The number of guanidine groups is 1. The molecular weight excluding hydrogens is 524 g/mol. The van der Waals surface area contributed by atoms with Gasteiger partial charge in [0, 0.05) is 26.2 Å². The van der Waals surface area contributed by atoms with Crippen molar-refractivity contribution < 1.29 is 28.9 Å². The predicted molar refractivity (Wildman–Crippen MR) is 143 cm³/mol. The van der Waals surface area contributed by atoms with Gasteiger partial charge in [0.05, 0.1) is 57.3 Å². The van der Waals surface area contributed by atoms with Crippen molar-refractivity contribution in [2.45, 2.75) is 77.4 Å². The Bertz CT molecular complexity index is 1120. The first-order chi connectivity index (χ1) is 19.4. The second-order valence-electron chi connectivity index (χ2n) is 9.12. The molecule has 0 radical (unpaired) electrons. The van der Waals surface area contributed by atoms with E-state index < -0.39 is 11.8 Å². The van der Waals surface area contributed by atoms with Crippen LogP contribution >= 0.6 is 0 Å². The zero-order valence-corrected chi connectivity index (χ0v) is 23.0. The molecule has 2 aromatic rings. The summed E-state index contributed by atoms with van der Waals surface area (Å²) in [7, 11) is 0. The van der Waals surface area contributed by atoms with E-state index in [0.29, 0.717) is 49.7 Å². The van der Waals surface area contributed by atoms with Crippen molar-refractivity contribution in [1.29, 1.82) is 0 Å². The van der Waals surface area contributed by atoms with Crippen LogP contribution in [0.25, 0.3) is 0 Å². The molecule has 5 N–H and O–H groups in total. The first-order valence-electron chi connectivity index (χ1n) is 13.4. The van der Waals surface area contributed by atoms with Crippen molar-refractivity contribution in [2.24, 2.45) is 21.6 Å². The van der Waals surface area contributed by atoms with Crippen molar-refractivity contribution in [1.82, 2.24) is 30.0 Å². The molecule has 0 aromatic carbocycles. The first-order valence-corrected chi connectivity index (χ1v) is 13.4. The minimum atomic E-state index is -1.03. The van der Waals surface area contributed by atoms with Gasteiger partial charge < -0.3 is 35.6 Å². The lowest BCUT2D eigenvalue weighted by Gasteiger charge is -2.33. The van der Waals surface area contributed by atoms with E-state index >= 15 is 0 Å². The zero-order chi connectivity index (χ0) is 28.8. The van der Waals surface area contributed by atoms with Crippen LogP contribution in [0, 0.1) is 0 Å². The van der Waals surface area contributed by atoms with Crippen LogP contribution < -0.4 is 11.5 Å². The Kier molecular flexibility index (Phi) is 12.2. The smallest absolute Gasteiger partial charge is 0.303 e. The van der Waals surface area contributed by atoms with Gasteiger partial charge in [-0.1, -0.05) is 16.8 Å². The summed E-state index contributed by atoms with van der Waals surface area (Å²) in [5, 5.41) is 30.1. The molecular formula is C24H40N10O6. The number of aryl methyl sites for hydroxylation is 2. The number of nitrogens with two attached hydrogens (primary N) is 2. The van der Waals surface area contributed by atoms with Crippen LogP contribution in [0.4, 0.5) is 0 Å². The van der Waals surface area contributed by atoms with Crippen molar-refractivity contribution >= 4 is 18.6 Å². The lowest BCUT2D eigenvalue weighted by molar-refractivity contribution is -0.257. The second-order valence-corrected chi connectivity index (χ2v) is 9.12. The third-order valence-electron chi connectivity index (χ3n) is 6.38. The summed E-state index contributed by atoms with van der Waals surface area (Å²) in [6.45, 7) is 7.79. The van der Waals surface area contributed by atoms with E-state index in [-0.39, 0.29) is 45.2 Å². The lowest BCUT2D eigenvalue weighted by atomic mass is 9.95. The van der Waals surface area contributed by atoms with Gasteiger partial charge in [-0.2, -0.15) is 0 Å². The minimum absolute atomic E-state index is 0.0117. The van der Waals surface area contributed by atoms with Crippen molar-refractivity contribution in [2.75, 3.05) is 33.0 Å². The predicted octanol–water partition coefficient (Wildman–Crippen LogP) is 0.332. The van der Waals surface area contributed by atoms with Crippen molar-refractivity contribution in [3.63, 3.8) is 0 Å². The molecule has 0 spiro atoms. The quantitative estimate of drug-likeness (QED) is 0.0735. The minimum Gasteiger partial charge on any atom is -0.481 e. The number of fused-ring (bicyclic) bond motifs is 1. The topological polar surface area (TPSA) is 212 Å². The Morgan fingerprint density at radius 2 is 1.90 bits per heavy atom. The summed E-state index contributed by atoms with van der Waals surface area (Å²) in [5.74, 6) is -1.95. The maximum atomic E-state index is 11.3. The maximum absolute atomic E-state index is 11.3. The summed E-state index contributed by atoms with van der Waals surface area (Å²) in [4.78, 5) is 20.2. The number of carboxylic acids is 1. The van der Waals surface area contributed by atoms with Gasteiger partial charge in [-0.15, -0.1) is 15.4 Å². The van der Waals surface area contributed by atoms with Gasteiger partial charge in [0.2, 0.25) is 5.79 Å². The molecule has 40 heavy (non-hydrogen) atoms. The van der Waals surface area contributed by atoms with Crippen LogP contribution in [0.2, 0.25) is 0 Å². The van der Waals surface area contributed by atoms with Gasteiger partial charge in [-0.05, 0) is 26.2 Å². The maximum Gasteiger partial charge on any atom is 0.303 e. The summed E-state index contributed by atoms with van der Waals surface area (Å²) < 4.78 is 21.6. The molecule has 1 aliphatic carbocycles. The van der Waals surface area contributed by atoms with E-state index in [2.05, 4.69) is 37.5 Å². The van der Waals surface area contributed by atoms with Crippen LogP contribution in [-0.2, 0) is 62.2 Å². The summed E-state index contributed by atoms with van der Waals surface area (Å²) in [6.07, 6.45) is 4.53. The number of ether oxygens (including phenoxy) is 3. The van der Waals surface area contributed by atoms with E-state index in [9.17, 15) is 9.90 Å². The third kappa shape index (κ3) is 8.69. The molecule has 16 nitrogen and oxygen atoms in total. The monoisotopic (exact) mass is 564 g/mol. The van der Waals surface area contributed by atoms with Crippen molar-refractivity contribution in [3.8, 4) is 0 Å². The van der Waals surface area contributed by atoms with Crippen LogP contribution in [0.3, 0.4) is 0 Å². The zero-order valence-electron chi connectivity index (χ0n) is 23.0. The molecule has 1 atom stereocenters. The Morgan fingerprint density at radius 1 is 1.10 bits per heavy atom. The summed E-state index contributed by atoms with van der Waals surface area (Å²) in [6, 6.07) is 0. The SMILES string of the molecule is C=NOCCOC1(OCC)CCCCCc2c1nnn2CCn1nnc(COCCN=C(N)N)c1CCC(=O)O. The average molecular weight is 565 g/mol. The van der Waals surface area contributed by atoms with Gasteiger partial charge in [-0.3, -0.25) is 9.79 Å². The van der Waals surface area contributed by atoms with E-state index in [0.717, 1.165) is 31.4 Å². The average Bonchev–Trinajstić information content (AvgIpc) is 3.50. The number of hydrogen-bond donors (Lipinski definition) is 3. The number of nitrogens with zero attached hydrogens (tertiary/aromatic N) is 8. The van der Waals surface area contributed by atoms with Gasteiger partial charge in [-0.25, -0.2) is 9.36 Å². The van der Waals surface area contributed by atoms with Gasteiger partial charge in [0.1, 0.15) is 18.0 Å². The summed E-state index contributed by atoms with van der Waals surface area (Å²) >= 11 is 0. The van der Waals surface area contributed by atoms with Crippen LogP contribution in [0.1, 0.15) is 61.8 Å². The Hall–Kier alpha value is -3.63. The molecule has 0 saturated carbocycles. The fourth-order valence-corrected chi connectivity index (χ4v) is 4.62. The number of aromatic nitrogens is 6. The standard InChI is InChI=1S/C24H40N10O6/c1-3-38-24(39-15-16-40-27-2)10-6-4-5-7-20-22(24)30-32-34(20)13-12-33-19(8-9-21(35)36)18(29-31-33)17-37-14-11-28-23(25)26/h2-17H2,1H3,(H,35,36)(H4,25,26,28). The lowest BCUT2D eigenvalue weighted by Crippen LogP contribution is -2.37. The Balaban J connectivity index is 1.77. The van der Waals surface area contributed by atoms with E-state index in [1.54, 1.807) is 4.68 Å². The van der Waals surface area contributed by atoms with Crippen LogP contribution in [0.5, 0.6) is 0 Å². The molecule has 2 aromatic heterocycles. The number of aliphatic carboxylic acids is 1. The van der Waals surface area contributed by atoms with Crippen LogP contribution in [0.15, 0.2) is 10.1 Å². The molecule has 222 valence electrons. The molecule has 0 aliphatic heterocycles. The van der Waals surface area contributed by atoms with E-state index in [1.807, 2.05) is 11.6 Å². The highest BCUT2D eigenvalue weighted by molar-refractivity contribution is 5.75. The van der Waals surface area contributed by atoms with E-state index in [1.165, 1.54) is 0 Å². The van der Waals surface area contributed by atoms with Gasteiger partial charge in [0.25, 0.3) is 0 Å². The number of aliphatic imine (C=N–C) groups is 1. The molecule has 2 heterocycles. The molecule has 0 amide bonds. The molecule has 1 unspecified atom stereocenters. The summed E-state index contributed by atoms with van der Waals surface area (Å²) in [5.41, 5.74) is 13.5. The largest absolute Gasteiger partial charge is 0.481 e. The fraction of sp³-hybridized carbons (Fsp3) is 0.708. The highest BCUT2D eigenvalue weighted by Crippen LogP contribution is 2.36. The van der Waals surface area contributed by atoms with Crippen LogP contribution in [-0.4, -0.2) is 86.7 Å². The highest BCUT2D eigenvalue weighted by Gasteiger charge is 2.40. The van der Waals surface area contributed by atoms with Gasteiger partial charge >= 0.3 is 5.97 Å². The fourth-order valence-electron chi connectivity index (χ4n) is 4.62.